The summed E-state index contributed by atoms with van der Waals surface area (Å²) in [6, 6.07) is 5.48. The number of morpholine rings is 1. The average Bonchev–Trinajstić information content (AvgIpc) is 2.36. The van der Waals surface area contributed by atoms with Gasteiger partial charge in [0.15, 0.2) is 0 Å². The van der Waals surface area contributed by atoms with Gasteiger partial charge in [0, 0.05) is 16.7 Å². The summed E-state index contributed by atoms with van der Waals surface area (Å²) in [6.45, 7) is 3.78. The molecule has 1 aromatic rings. The molecule has 5 heteroatoms. The molecule has 0 bridgehead atoms. The maximum atomic E-state index is 12.0. The normalized spacial score (nSPS) is 20.0. The van der Waals surface area contributed by atoms with Crippen LogP contribution in [0.1, 0.15) is 5.56 Å². The lowest BCUT2D eigenvalue weighted by Gasteiger charge is -2.23. The molecule has 1 atom stereocenters. The molecule has 0 aromatic heterocycles. The zero-order chi connectivity index (χ0) is 12.3. The Bertz CT molecular complexity index is 417. The van der Waals surface area contributed by atoms with E-state index in [4.69, 9.17) is 4.74 Å². The first kappa shape index (κ1) is 12.5. The van der Waals surface area contributed by atoms with Gasteiger partial charge in [-0.3, -0.25) is 4.79 Å². The molecule has 2 rings (SSSR count). The van der Waals surface area contributed by atoms with Crippen molar-refractivity contribution in [1.29, 1.82) is 0 Å². The number of carbonyl (C=O) groups excluding carboxylic acids is 1. The summed E-state index contributed by atoms with van der Waals surface area (Å²) in [5.74, 6) is -0.0501. The number of hydrogen-bond donors (Lipinski definition) is 2. The summed E-state index contributed by atoms with van der Waals surface area (Å²) in [7, 11) is 0. The average molecular weight is 299 g/mol. The van der Waals surface area contributed by atoms with Crippen molar-refractivity contribution >= 4 is 27.5 Å². The molecular weight excluding hydrogens is 284 g/mol. The lowest BCUT2D eigenvalue weighted by atomic mass is 10.2. The number of halogens is 1. The number of benzene rings is 1. The monoisotopic (exact) mass is 298 g/mol. The first-order valence-electron chi connectivity index (χ1n) is 5.55. The standard InChI is InChI=1S/C12H15BrN2O2/c1-8-9(13)3-2-4-10(8)15-12(16)11-7-17-6-5-14-11/h2-4,11,14H,5-7H2,1H3,(H,15,16). The van der Waals surface area contributed by atoms with Gasteiger partial charge in [-0.15, -0.1) is 0 Å². The van der Waals surface area contributed by atoms with Gasteiger partial charge in [-0.25, -0.2) is 0 Å². The molecule has 1 unspecified atom stereocenters. The Kier molecular flexibility index (Phi) is 4.15. The summed E-state index contributed by atoms with van der Waals surface area (Å²) in [5.41, 5.74) is 1.86. The van der Waals surface area contributed by atoms with Crippen LogP contribution in [0.15, 0.2) is 22.7 Å². The molecule has 1 aliphatic heterocycles. The molecule has 1 amide bonds. The maximum absolute atomic E-state index is 12.0. The molecule has 1 fully saturated rings. The fraction of sp³-hybridized carbons (Fsp3) is 0.417. The van der Waals surface area contributed by atoms with Crippen molar-refractivity contribution in [1.82, 2.24) is 5.32 Å². The van der Waals surface area contributed by atoms with Crippen LogP contribution in [-0.2, 0) is 9.53 Å². The van der Waals surface area contributed by atoms with Crippen LogP contribution in [0.4, 0.5) is 5.69 Å². The van der Waals surface area contributed by atoms with E-state index < -0.39 is 0 Å². The summed E-state index contributed by atoms with van der Waals surface area (Å²) in [5, 5.41) is 6.03. The van der Waals surface area contributed by atoms with E-state index in [-0.39, 0.29) is 11.9 Å². The van der Waals surface area contributed by atoms with Crippen LogP contribution in [0.3, 0.4) is 0 Å². The van der Waals surface area contributed by atoms with Crippen molar-refractivity contribution in [2.45, 2.75) is 13.0 Å². The smallest absolute Gasteiger partial charge is 0.243 e. The van der Waals surface area contributed by atoms with E-state index in [1.807, 2.05) is 25.1 Å². The number of carbonyl (C=O) groups is 1. The first-order chi connectivity index (χ1) is 8.18. The van der Waals surface area contributed by atoms with E-state index in [0.717, 1.165) is 22.3 Å². The van der Waals surface area contributed by atoms with Crippen molar-refractivity contribution < 1.29 is 9.53 Å². The van der Waals surface area contributed by atoms with Gasteiger partial charge in [0.1, 0.15) is 6.04 Å². The molecule has 0 spiro atoms. The molecule has 1 saturated heterocycles. The predicted molar refractivity (Wildman–Crippen MR) is 70.1 cm³/mol. The van der Waals surface area contributed by atoms with Gasteiger partial charge in [-0.1, -0.05) is 22.0 Å². The SMILES string of the molecule is Cc1c(Br)cccc1NC(=O)C1COCCN1. The molecule has 0 saturated carbocycles. The van der Waals surface area contributed by atoms with E-state index in [0.29, 0.717) is 13.2 Å². The van der Waals surface area contributed by atoms with Gasteiger partial charge >= 0.3 is 0 Å². The first-order valence-corrected chi connectivity index (χ1v) is 6.35. The Labute approximate surface area is 109 Å². The Balaban J connectivity index is 2.04. The summed E-state index contributed by atoms with van der Waals surface area (Å²) in [4.78, 5) is 12.0. The number of rotatable bonds is 2. The topological polar surface area (TPSA) is 50.4 Å². The molecular formula is C12H15BrN2O2. The third kappa shape index (κ3) is 3.06. The van der Waals surface area contributed by atoms with Gasteiger partial charge in [-0.05, 0) is 24.6 Å². The molecule has 17 heavy (non-hydrogen) atoms. The van der Waals surface area contributed by atoms with Crippen LogP contribution in [0, 0.1) is 6.92 Å². The fourth-order valence-electron chi connectivity index (χ4n) is 1.70. The molecule has 1 aromatic carbocycles. The van der Waals surface area contributed by atoms with E-state index in [9.17, 15) is 4.79 Å². The van der Waals surface area contributed by atoms with Gasteiger partial charge < -0.3 is 15.4 Å². The van der Waals surface area contributed by atoms with Crippen LogP contribution >= 0.6 is 15.9 Å². The Morgan fingerprint density at radius 2 is 2.41 bits per heavy atom. The van der Waals surface area contributed by atoms with Crippen LogP contribution in [0.25, 0.3) is 0 Å². The van der Waals surface area contributed by atoms with Gasteiger partial charge in [-0.2, -0.15) is 0 Å². The predicted octanol–water partition coefficient (Wildman–Crippen LogP) is 1.68. The van der Waals surface area contributed by atoms with E-state index >= 15 is 0 Å². The van der Waals surface area contributed by atoms with Crippen LogP contribution in [0.5, 0.6) is 0 Å². The summed E-state index contributed by atoms with van der Waals surface area (Å²) >= 11 is 3.44. The Morgan fingerprint density at radius 3 is 3.12 bits per heavy atom. The molecule has 92 valence electrons. The van der Waals surface area contributed by atoms with Gasteiger partial charge in [0.05, 0.1) is 13.2 Å². The number of ether oxygens (including phenoxy) is 1. The number of hydrogen-bond acceptors (Lipinski definition) is 3. The second kappa shape index (κ2) is 5.62. The van der Waals surface area contributed by atoms with Crippen molar-refractivity contribution in [3.63, 3.8) is 0 Å². The second-order valence-electron chi connectivity index (χ2n) is 3.98. The molecule has 4 nitrogen and oxygen atoms in total. The highest BCUT2D eigenvalue weighted by molar-refractivity contribution is 9.10. The lowest BCUT2D eigenvalue weighted by molar-refractivity contribution is -0.120. The summed E-state index contributed by atoms with van der Waals surface area (Å²) < 4.78 is 6.25. The minimum atomic E-state index is -0.262. The highest BCUT2D eigenvalue weighted by atomic mass is 79.9. The van der Waals surface area contributed by atoms with Gasteiger partial charge in [0.25, 0.3) is 0 Å². The van der Waals surface area contributed by atoms with Crippen LogP contribution < -0.4 is 10.6 Å². The quantitative estimate of drug-likeness (QED) is 0.873. The van der Waals surface area contributed by atoms with Crippen molar-refractivity contribution in [3.05, 3.63) is 28.2 Å². The third-order valence-corrected chi connectivity index (χ3v) is 3.62. The Morgan fingerprint density at radius 1 is 1.59 bits per heavy atom. The van der Waals surface area contributed by atoms with Crippen molar-refractivity contribution in [2.75, 3.05) is 25.1 Å². The number of amides is 1. The number of anilines is 1. The number of nitrogens with one attached hydrogen (secondary N) is 2. The molecule has 2 N–H and O–H groups in total. The van der Waals surface area contributed by atoms with E-state index in [1.165, 1.54) is 0 Å². The minimum absolute atomic E-state index is 0.0501. The summed E-state index contributed by atoms with van der Waals surface area (Å²) in [6.07, 6.45) is 0. The molecule has 1 aliphatic rings. The molecule has 0 aliphatic carbocycles. The largest absolute Gasteiger partial charge is 0.378 e. The zero-order valence-corrected chi connectivity index (χ0v) is 11.2. The minimum Gasteiger partial charge on any atom is -0.378 e. The van der Waals surface area contributed by atoms with Gasteiger partial charge in [0.2, 0.25) is 5.91 Å². The molecule has 1 heterocycles. The maximum Gasteiger partial charge on any atom is 0.243 e. The lowest BCUT2D eigenvalue weighted by Crippen LogP contribution is -2.48. The zero-order valence-electron chi connectivity index (χ0n) is 9.63. The van der Waals surface area contributed by atoms with Crippen LogP contribution in [0.2, 0.25) is 0 Å². The van der Waals surface area contributed by atoms with Crippen molar-refractivity contribution in [3.8, 4) is 0 Å². The second-order valence-corrected chi connectivity index (χ2v) is 4.84. The van der Waals surface area contributed by atoms with E-state index in [1.54, 1.807) is 0 Å². The highest BCUT2D eigenvalue weighted by Crippen LogP contribution is 2.23. The fourth-order valence-corrected chi connectivity index (χ4v) is 2.06. The highest BCUT2D eigenvalue weighted by Gasteiger charge is 2.21. The Hall–Kier alpha value is -0.910. The third-order valence-electron chi connectivity index (χ3n) is 2.76. The van der Waals surface area contributed by atoms with Crippen molar-refractivity contribution in [2.24, 2.45) is 0 Å². The van der Waals surface area contributed by atoms with Crippen LogP contribution in [-0.4, -0.2) is 31.7 Å². The molecule has 0 radical (unpaired) electrons. The van der Waals surface area contributed by atoms with E-state index in [2.05, 4.69) is 26.6 Å².